The summed E-state index contributed by atoms with van der Waals surface area (Å²) in [4.78, 5) is 28.5. The number of nitrogens with zero attached hydrogens (tertiary/aromatic N) is 1. The number of carbonyl (C=O) groups excluding carboxylic acids is 2. The van der Waals surface area contributed by atoms with Crippen molar-refractivity contribution in [3.05, 3.63) is 29.8 Å². The molecule has 1 spiro atoms. The summed E-state index contributed by atoms with van der Waals surface area (Å²) in [6.45, 7) is 7.41. The fraction of sp³-hybridized carbons (Fsp3) is 0.667. The van der Waals surface area contributed by atoms with Gasteiger partial charge in [0, 0.05) is 30.1 Å². The predicted octanol–water partition coefficient (Wildman–Crippen LogP) is 2.96. The Morgan fingerprint density at radius 1 is 1.27 bits per heavy atom. The van der Waals surface area contributed by atoms with Gasteiger partial charge in [0.2, 0.25) is 5.91 Å². The Morgan fingerprint density at radius 2 is 2.10 bits per heavy atom. The minimum atomic E-state index is -0.431. The molecule has 1 aromatic carbocycles. The molecule has 5 unspecified atom stereocenters. The van der Waals surface area contributed by atoms with Crippen molar-refractivity contribution >= 4 is 17.5 Å². The topological polar surface area (TPSA) is 73.5 Å². The van der Waals surface area contributed by atoms with Crippen molar-refractivity contribution in [2.75, 3.05) is 25.0 Å². The van der Waals surface area contributed by atoms with Gasteiger partial charge in [0.15, 0.2) is 0 Å². The summed E-state index contributed by atoms with van der Waals surface area (Å²) in [7, 11) is 0. The Morgan fingerprint density at radius 3 is 2.90 bits per heavy atom. The molecule has 3 aliphatic carbocycles. The lowest BCUT2D eigenvalue weighted by Gasteiger charge is -2.60. The van der Waals surface area contributed by atoms with E-state index < -0.39 is 5.66 Å². The molecule has 1 aromatic rings. The Balaban J connectivity index is 1.31. The fourth-order valence-electron chi connectivity index (χ4n) is 6.74. The molecule has 2 aliphatic heterocycles. The summed E-state index contributed by atoms with van der Waals surface area (Å²) in [5.41, 5.74) is 1.09. The number of hydrogen-bond acceptors (Lipinski definition) is 4. The van der Waals surface area contributed by atoms with E-state index in [1.54, 1.807) is 0 Å². The van der Waals surface area contributed by atoms with Crippen LogP contribution in [0.3, 0.4) is 0 Å². The van der Waals surface area contributed by atoms with Crippen molar-refractivity contribution in [3.63, 3.8) is 0 Å². The molecule has 2 amide bonds. The highest BCUT2D eigenvalue weighted by Crippen LogP contribution is 2.58. The highest BCUT2D eigenvalue weighted by Gasteiger charge is 2.60. The number of para-hydroxylation sites is 1. The lowest BCUT2D eigenvalue weighted by atomic mass is 9.51. The first-order valence-electron chi connectivity index (χ1n) is 11.7. The molecular weight excluding hydrogens is 376 g/mol. The van der Waals surface area contributed by atoms with E-state index in [-0.39, 0.29) is 29.1 Å². The van der Waals surface area contributed by atoms with E-state index in [2.05, 4.69) is 34.7 Å². The van der Waals surface area contributed by atoms with Gasteiger partial charge < -0.3 is 16.0 Å². The van der Waals surface area contributed by atoms with Gasteiger partial charge in [-0.2, -0.15) is 0 Å². The first kappa shape index (κ1) is 19.9. The third-order valence-electron chi connectivity index (χ3n) is 8.40. The Bertz CT molecular complexity index is 857. The highest BCUT2D eigenvalue weighted by molar-refractivity contribution is 6.02. The van der Waals surface area contributed by atoms with Crippen LogP contribution in [0.15, 0.2) is 24.3 Å². The standard InChI is InChI=1S/C24H34N4O2/c1-3-28-12-6-7-17(28)14-25-22(30)19-13-16-10-11-23(19,2)15-24(16)26-20-9-5-4-8-18(20)21(29)27-24/h4-5,8-9,16-17,19,26H,3,6-7,10-15H2,1-2H3,(H,25,30)(H,27,29). The van der Waals surface area contributed by atoms with Crippen molar-refractivity contribution < 1.29 is 9.59 Å². The van der Waals surface area contributed by atoms with E-state index >= 15 is 0 Å². The second-order valence-electron chi connectivity index (χ2n) is 10.1. The summed E-state index contributed by atoms with van der Waals surface area (Å²) >= 11 is 0. The number of rotatable bonds is 4. The Hall–Kier alpha value is -2.08. The number of fused-ring (bicyclic) bond motifs is 3. The maximum absolute atomic E-state index is 13.2. The molecule has 6 nitrogen and oxygen atoms in total. The van der Waals surface area contributed by atoms with Crippen LogP contribution in [0.25, 0.3) is 0 Å². The van der Waals surface area contributed by atoms with Crippen LogP contribution >= 0.6 is 0 Å². The smallest absolute Gasteiger partial charge is 0.255 e. The van der Waals surface area contributed by atoms with Crippen molar-refractivity contribution in [3.8, 4) is 0 Å². The SMILES string of the molecule is CCN1CCCC1CNC(=O)C1CC2CCC1(C)CC21NC(=O)c2ccccc2N1. The van der Waals surface area contributed by atoms with E-state index in [1.807, 2.05) is 24.3 Å². The van der Waals surface area contributed by atoms with Gasteiger partial charge in [0.05, 0.1) is 5.56 Å². The maximum atomic E-state index is 13.2. The summed E-state index contributed by atoms with van der Waals surface area (Å²) in [5.74, 6) is 0.505. The van der Waals surface area contributed by atoms with E-state index in [9.17, 15) is 9.59 Å². The maximum Gasteiger partial charge on any atom is 0.255 e. The molecular formula is C24H34N4O2. The van der Waals surface area contributed by atoms with Crippen LogP contribution in [-0.2, 0) is 4.79 Å². The second kappa shape index (κ2) is 7.26. The summed E-state index contributed by atoms with van der Waals surface area (Å²) in [6, 6.07) is 8.21. The van der Waals surface area contributed by atoms with Gasteiger partial charge in [0.25, 0.3) is 5.91 Å². The summed E-state index contributed by atoms with van der Waals surface area (Å²) in [5, 5.41) is 10.3. The zero-order valence-corrected chi connectivity index (χ0v) is 18.2. The molecule has 30 heavy (non-hydrogen) atoms. The molecule has 2 heterocycles. The van der Waals surface area contributed by atoms with Crippen LogP contribution in [0.2, 0.25) is 0 Å². The first-order chi connectivity index (χ1) is 14.4. The van der Waals surface area contributed by atoms with Crippen molar-refractivity contribution in [2.45, 2.75) is 64.1 Å². The number of benzene rings is 1. The molecule has 3 saturated carbocycles. The molecule has 4 fully saturated rings. The fourth-order valence-corrected chi connectivity index (χ4v) is 6.74. The van der Waals surface area contributed by atoms with Crippen LogP contribution in [0, 0.1) is 17.3 Å². The normalized spacial score (nSPS) is 37.5. The first-order valence-corrected chi connectivity index (χ1v) is 11.7. The van der Waals surface area contributed by atoms with Gasteiger partial charge in [0.1, 0.15) is 5.66 Å². The second-order valence-corrected chi connectivity index (χ2v) is 10.1. The number of likely N-dealkylation sites (tertiary alicyclic amines) is 1. The minimum absolute atomic E-state index is 0.00221. The van der Waals surface area contributed by atoms with Crippen LogP contribution in [0.4, 0.5) is 5.69 Å². The molecule has 3 N–H and O–H groups in total. The molecule has 6 rings (SSSR count). The van der Waals surface area contributed by atoms with Crippen molar-refractivity contribution in [2.24, 2.45) is 17.3 Å². The summed E-state index contributed by atoms with van der Waals surface area (Å²) in [6.07, 6.45) is 6.13. The Kier molecular flexibility index (Phi) is 4.80. The van der Waals surface area contributed by atoms with E-state index in [0.29, 0.717) is 11.6 Å². The molecule has 2 bridgehead atoms. The lowest BCUT2D eigenvalue weighted by molar-refractivity contribution is -0.139. The number of likely N-dealkylation sites (N-methyl/N-ethyl adjacent to an activating group) is 1. The third kappa shape index (κ3) is 3.11. The lowest BCUT2D eigenvalue weighted by Crippen LogP contribution is -2.70. The van der Waals surface area contributed by atoms with Crippen LogP contribution in [0.5, 0.6) is 0 Å². The van der Waals surface area contributed by atoms with E-state index in [4.69, 9.17) is 0 Å². The number of hydrogen-bond donors (Lipinski definition) is 3. The van der Waals surface area contributed by atoms with Gasteiger partial charge in [-0.05, 0) is 69.2 Å². The molecule has 162 valence electrons. The van der Waals surface area contributed by atoms with Crippen molar-refractivity contribution in [1.82, 2.24) is 15.5 Å². The molecule has 1 saturated heterocycles. The van der Waals surface area contributed by atoms with Crippen LogP contribution in [0.1, 0.15) is 62.7 Å². The molecule has 5 atom stereocenters. The van der Waals surface area contributed by atoms with E-state index in [1.165, 1.54) is 12.8 Å². The number of amides is 2. The Labute approximate surface area is 179 Å². The predicted molar refractivity (Wildman–Crippen MR) is 117 cm³/mol. The minimum Gasteiger partial charge on any atom is -0.362 e. The van der Waals surface area contributed by atoms with Crippen LogP contribution in [-0.4, -0.2) is 48.1 Å². The monoisotopic (exact) mass is 410 g/mol. The van der Waals surface area contributed by atoms with Crippen LogP contribution < -0.4 is 16.0 Å². The molecule has 5 aliphatic rings. The average molecular weight is 411 g/mol. The zero-order chi connectivity index (χ0) is 20.9. The van der Waals surface area contributed by atoms with Gasteiger partial charge in [-0.25, -0.2) is 0 Å². The zero-order valence-electron chi connectivity index (χ0n) is 18.2. The third-order valence-corrected chi connectivity index (χ3v) is 8.40. The number of anilines is 1. The number of nitrogens with one attached hydrogen (secondary N) is 3. The van der Waals surface area contributed by atoms with Gasteiger partial charge in [-0.1, -0.05) is 26.0 Å². The molecule has 0 radical (unpaired) electrons. The van der Waals surface area contributed by atoms with Gasteiger partial charge >= 0.3 is 0 Å². The van der Waals surface area contributed by atoms with Crippen molar-refractivity contribution in [1.29, 1.82) is 0 Å². The van der Waals surface area contributed by atoms with Gasteiger partial charge in [-0.3, -0.25) is 14.5 Å². The average Bonchev–Trinajstić information content (AvgIpc) is 3.19. The summed E-state index contributed by atoms with van der Waals surface area (Å²) < 4.78 is 0. The quantitative estimate of drug-likeness (QED) is 0.714. The van der Waals surface area contributed by atoms with E-state index in [0.717, 1.165) is 51.0 Å². The number of carbonyl (C=O) groups is 2. The largest absolute Gasteiger partial charge is 0.362 e. The van der Waals surface area contributed by atoms with Gasteiger partial charge in [-0.15, -0.1) is 0 Å². The highest BCUT2D eigenvalue weighted by atomic mass is 16.2. The molecule has 6 heteroatoms. The molecule has 0 aromatic heterocycles.